The molecular formula is C16H25N3O. The SMILES string of the molecule is CC1NC(Cc2ccccc2)C(=O)N1CCCN(C)C. The molecule has 1 amide bonds. The van der Waals surface area contributed by atoms with Gasteiger partial charge in [0, 0.05) is 6.54 Å². The number of benzene rings is 1. The summed E-state index contributed by atoms with van der Waals surface area (Å²) in [5.41, 5.74) is 1.21. The van der Waals surface area contributed by atoms with Crippen molar-refractivity contribution in [1.82, 2.24) is 15.1 Å². The molecule has 0 radical (unpaired) electrons. The molecule has 2 rings (SSSR count). The molecule has 4 heteroatoms. The van der Waals surface area contributed by atoms with Crippen LogP contribution in [-0.4, -0.2) is 55.1 Å². The average Bonchev–Trinajstić information content (AvgIpc) is 2.67. The van der Waals surface area contributed by atoms with Gasteiger partial charge in [-0.3, -0.25) is 10.1 Å². The van der Waals surface area contributed by atoms with Gasteiger partial charge in [-0.15, -0.1) is 0 Å². The summed E-state index contributed by atoms with van der Waals surface area (Å²) in [5, 5.41) is 3.40. The zero-order valence-corrected chi connectivity index (χ0v) is 12.7. The highest BCUT2D eigenvalue weighted by Crippen LogP contribution is 2.15. The normalized spacial score (nSPS) is 22.8. The summed E-state index contributed by atoms with van der Waals surface area (Å²) in [7, 11) is 4.12. The molecule has 2 unspecified atom stereocenters. The topological polar surface area (TPSA) is 35.6 Å². The minimum atomic E-state index is -0.0771. The molecule has 110 valence electrons. The lowest BCUT2D eigenvalue weighted by molar-refractivity contribution is -0.129. The number of amides is 1. The summed E-state index contributed by atoms with van der Waals surface area (Å²) in [4.78, 5) is 16.6. The fourth-order valence-electron chi connectivity index (χ4n) is 2.70. The summed E-state index contributed by atoms with van der Waals surface area (Å²) >= 11 is 0. The van der Waals surface area contributed by atoms with Crippen LogP contribution in [0.1, 0.15) is 18.9 Å². The Balaban J connectivity index is 1.89. The molecule has 0 bridgehead atoms. The maximum Gasteiger partial charge on any atom is 0.241 e. The van der Waals surface area contributed by atoms with Gasteiger partial charge >= 0.3 is 0 Å². The van der Waals surface area contributed by atoms with E-state index in [0.29, 0.717) is 0 Å². The standard InChI is InChI=1S/C16H25N3O/c1-13-17-15(12-14-8-5-4-6-9-14)16(20)19(13)11-7-10-18(2)3/h4-6,8-9,13,15,17H,7,10-12H2,1-3H3. The number of nitrogens with zero attached hydrogens (tertiary/aromatic N) is 2. The summed E-state index contributed by atoms with van der Waals surface area (Å²) in [6.45, 7) is 3.91. The van der Waals surface area contributed by atoms with Gasteiger partial charge in [0.15, 0.2) is 0 Å². The van der Waals surface area contributed by atoms with Crippen LogP contribution >= 0.6 is 0 Å². The van der Waals surface area contributed by atoms with E-state index in [2.05, 4.69) is 43.4 Å². The summed E-state index contributed by atoms with van der Waals surface area (Å²) in [6.07, 6.45) is 1.93. The molecule has 0 spiro atoms. The van der Waals surface area contributed by atoms with Crippen molar-refractivity contribution in [3.63, 3.8) is 0 Å². The van der Waals surface area contributed by atoms with Gasteiger partial charge in [-0.2, -0.15) is 0 Å². The van der Waals surface area contributed by atoms with Crippen molar-refractivity contribution in [2.24, 2.45) is 0 Å². The zero-order valence-electron chi connectivity index (χ0n) is 12.7. The number of carbonyl (C=O) groups is 1. The van der Waals surface area contributed by atoms with Gasteiger partial charge in [-0.1, -0.05) is 30.3 Å². The third-order valence-electron chi connectivity index (χ3n) is 3.78. The van der Waals surface area contributed by atoms with Crippen molar-refractivity contribution in [3.8, 4) is 0 Å². The van der Waals surface area contributed by atoms with Gasteiger partial charge in [0.1, 0.15) is 0 Å². The van der Waals surface area contributed by atoms with Gasteiger partial charge in [0.25, 0.3) is 0 Å². The van der Waals surface area contributed by atoms with Gasteiger partial charge in [0.05, 0.1) is 12.2 Å². The van der Waals surface area contributed by atoms with Crippen molar-refractivity contribution >= 4 is 5.91 Å². The highest BCUT2D eigenvalue weighted by molar-refractivity contribution is 5.84. The quantitative estimate of drug-likeness (QED) is 0.851. The van der Waals surface area contributed by atoms with E-state index in [1.54, 1.807) is 0 Å². The van der Waals surface area contributed by atoms with Crippen LogP contribution in [-0.2, 0) is 11.2 Å². The van der Waals surface area contributed by atoms with Gasteiger partial charge < -0.3 is 9.80 Å². The number of carbonyl (C=O) groups excluding carboxylic acids is 1. The van der Waals surface area contributed by atoms with Crippen LogP contribution in [0.2, 0.25) is 0 Å². The minimum absolute atomic E-state index is 0.0771. The third kappa shape index (κ3) is 3.81. The van der Waals surface area contributed by atoms with E-state index in [1.165, 1.54) is 5.56 Å². The summed E-state index contributed by atoms with van der Waals surface area (Å²) in [5.74, 6) is 0.236. The largest absolute Gasteiger partial charge is 0.326 e. The van der Waals surface area contributed by atoms with Gasteiger partial charge in [-0.25, -0.2) is 0 Å². The van der Waals surface area contributed by atoms with Crippen LogP contribution in [0, 0.1) is 0 Å². The molecule has 1 aliphatic heterocycles. The van der Waals surface area contributed by atoms with Crippen molar-refractivity contribution in [2.45, 2.75) is 32.0 Å². The molecule has 1 fully saturated rings. The highest BCUT2D eigenvalue weighted by Gasteiger charge is 2.35. The maximum absolute atomic E-state index is 12.4. The fraction of sp³-hybridized carbons (Fsp3) is 0.562. The molecule has 20 heavy (non-hydrogen) atoms. The molecule has 4 nitrogen and oxygen atoms in total. The van der Waals surface area contributed by atoms with E-state index in [0.717, 1.165) is 25.9 Å². The predicted molar refractivity (Wildman–Crippen MR) is 81.4 cm³/mol. The van der Waals surface area contributed by atoms with Crippen LogP contribution in [0.3, 0.4) is 0 Å². The molecule has 2 atom stereocenters. The molecule has 0 saturated carbocycles. The van der Waals surface area contributed by atoms with E-state index in [4.69, 9.17) is 0 Å². The van der Waals surface area contributed by atoms with E-state index < -0.39 is 0 Å². The van der Waals surface area contributed by atoms with Crippen LogP contribution < -0.4 is 5.32 Å². The maximum atomic E-state index is 12.4. The van der Waals surface area contributed by atoms with E-state index in [-0.39, 0.29) is 18.1 Å². The van der Waals surface area contributed by atoms with E-state index >= 15 is 0 Å². The summed E-state index contributed by atoms with van der Waals surface area (Å²) in [6, 6.07) is 10.1. The lowest BCUT2D eigenvalue weighted by Crippen LogP contribution is -2.36. The molecular weight excluding hydrogens is 250 g/mol. The van der Waals surface area contributed by atoms with Crippen molar-refractivity contribution in [2.75, 3.05) is 27.2 Å². The number of hydrogen-bond donors (Lipinski definition) is 1. The van der Waals surface area contributed by atoms with E-state index in [9.17, 15) is 4.79 Å². The third-order valence-corrected chi connectivity index (χ3v) is 3.78. The predicted octanol–water partition coefficient (Wildman–Crippen LogP) is 1.33. The monoisotopic (exact) mass is 275 g/mol. The number of hydrogen-bond acceptors (Lipinski definition) is 3. The first-order valence-corrected chi connectivity index (χ1v) is 7.33. The average molecular weight is 275 g/mol. The molecule has 1 N–H and O–H groups in total. The lowest BCUT2D eigenvalue weighted by Gasteiger charge is -2.21. The van der Waals surface area contributed by atoms with Crippen LogP contribution in [0.5, 0.6) is 0 Å². The van der Waals surface area contributed by atoms with Gasteiger partial charge in [0.2, 0.25) is 5.91 Å². The number of nitrogens with one attached hydrogen (secondary N) is 1. The Morgan fingerprint density at radius 3 is 2.60 bits per heavy atom. The fourth-order valence-corrected chi connectivity index (χ4v) is 2.70. The lowest BCUT2D eigenvalue weighted by atomic mass is 10.1. The Bertz CT molecular complexity index is 433. The van der Waals surface area contributed by atoms with Crippen molar-refractivity contribution in [1.29, 1.82) is 0 Å². The molecule has 1 aliphatic rings. The molecule has 1 heterocycles. The van der Waals surface area contributed by atoms with Gasteiger partial charge in [-0.05, 0) is 46.0 Å². The smallest absolute Gasteiger partial charge is 0.241 e. The highest BCUT2D eigenvalue weighted by atomic mass is 16.2. The first-order valence-electron chi connectivity index (χ1n) is 7.33. The first-order chi connectivity index (χ1) is 9.58. The van der Waals surface area contributed by atoms with Crippen molar-refractivity contribution < 1.29 is 4.79 Å². The zero-order chi connectivity index (χ0) is 14.5. The second kappa shape index (κ2) is 6.86. The Morgan fingerprint density at radius 2 is 1.95 bits per heavy atom. The van der Waals surface area contributed by atoms with E-state index in [1.807, 2.05) is 23.1 Å². The molecule has 0 aromatic heterocycles. The Labute approximate surface area is 121 Å². The number of rotatable bonds is 6. The summed E-state index contributed by atoms with van der Waals surface area (Å²) < 4.78 is 0. The minimum Gasteiger partial charge on any atom is -0.326 e. The molecule has 1 saturated heterocycles. The van der Waals surface area contributed by atoms with Crippen LogP contribution in [0.15, 0.2) is 30.3 Å². The van der Waals surface area contributed by atoms with Crippen molar-refractivity contribution in [3.05, 3.63) is 35.9 Å². The second-order valence-corrected chi connectivity index (χ2v) is 5.77. The second-order valence-electron chi connectivity index (χ2n) is 5.77. The first kappa shape index (κ1) is 15.0. The Kier molecular flexibility index (Phi) is 5.15. The Hall–Kier alpha value is -1.39. The molecule has 1 aromatic carbocycles. The van der Waals surface area contributed by atoms with Crippen LogP contribution in [0.4, 0.5) is 0 Å². The molecule has 0 aliphatic carbocycles. The molecule has 1 aromatic rings. The Morgan fingerprint density at radius 1 is 1.25 bits per heavy atom. The van der Waals surface area contributed by atoms with Crippen LogP contribution in [0.25, 0.3) is 0 Å².